The van der Waals surface area contributed by atoms with Crippen LogP contribution in [-0.4, -0.2) is 76.5 Å². The molecular weight excluding hydrogens is 378 g/mol. The molecule has 3 heterocycles. The first-order valence-electron chi connectivity index (χ1n) is 10.9. The van der Waals surface area contributed by atoms with Crippen LogP contribution in [0, 0.1) is 0 Å². The van der Waals surface area contributed by atoms with Crippen molar-refractivity contribution in [1.29, 1.82) is 0 Å². The SMILES string of the molecule is CC1CCCCN1C(=O)CN1CCN(C(=O)Nc2cccc(-n3cccc3)c2)CC1. The summed E-state index contributed by atoms with van der Waals surface area (Å²) < 4.78 is 2.01. The van der Waals surface area contributed by atoms with Crippen molar-refractivity contribution in [3.8, 4) is 5.69 Å². The molecule has 3 amide bonds. The van der Waals surface area contributed by atoms with Gasteiger partial charge in [-0.1, -0.05) is 6.07 Å². The molecule has 0 bridgehead atoms. The molecule has 2 aliphatic heterocycles. The minimum atomic E-state index is -0.0877. The summed E-state index contributed by atoms with van der Waals surface area (Å²) >= 11 is 0. The van der Waals surface area contributed by atoms with Crippen LogP contribution < -0.4 is 5.32 Å². The smallest absolute Gasteiger partial charge is 0.321 e. The largest absolute Gasteiger partial charge is 0.339 e. The van der Waals surface area contributed by atoms with E-state index in [9.17, 15) is 9.59 Å². The highest BCUT2D eigenvalue weighted by molar-refractivity contribution is 5.89. The molecule has 7 heteroatoms. The van der Waals surface area contributed by atoms with Gasteiger partial charge in [-0.05, 0) is 56.5 Å². The molecule has 1 unspecified atom stereocenters. The number of nitrogens with zero attached hydrogens (tertiary/aromatic N) is 4. The number of amides is 3. The van der Waals surface area contributed by atoms with Crippen molar-refractivity contribution >= 4 is 17.6 Å². The number of aromatic nitrogens is 1. The molecule has 0 aliphatic carbocycles. The molecule has 0 radical (unpaired) electrons. The maximum Gasteiger partial charge on any atom is 0.321 e. The van der Waals surface area contributed by atoms with Gasteiger partial charge in [-0.2, -0.15) is 0 Å². The highest BCUT2D eigenvalue weighted by atomic mass is 16.2. The first-order valence-corrected chi connectivity index (χ1v) is 10.9. The number of likely N-dealkylation sites (tertiary alicyclic amines) is 1. The van der Waals surface area contributed by atoms with Crippen molar-refractivity contribution < 1.29 is 9.59 Å². The quantitative estimate of drug-likeness (QED) is 0.844. The molecule has 1 aromatic carbocycles. The Morgan fingerprint density at radius 2 is 1.77 bits per heavy atom. The van der Waals surface area contributed by atoms with Crippen LogP contribution in [0.1, 0.15) is 26.2 Å². The summed E-state index contributed by atoms with van der Waals surface area (Å²) in [5, 5.41) is 3.01. The topological polar surface area (TPSA) is 60.8 Å². The standard InChI is InChI=1S/C23H31N5O2/c1-19-7-2-3-12-28(19)22(29)18-25-13-15-27(16-14-25)23(30)24-20-8-6-9-21(17-20)26-10-4-5-11-26/h4-6,8-11,17,19H,2-3,7,12-16,18H2,1H3,(H,24,30). The fourth-order valence-corrected chi connectivity index (χ4v) is 4.31. The first kappa shape index (κ1) is 20.5. The summed E-state index contributed by atoms with van der Waals surface area (Å²) in [5.41, 5.74) is 1.79. The number of hydrogen-bond acceptors (Lipinski definition) is 3. The summed E-state index contributed by atoms with van der Waals surface area (Å²) in [6.07, 6.45) is 7.38. The lowest BCUT2D eigenvalue weighted by Gasteiger charge is -2.38. The first-order chi connectivity index (χ1) is 14.6. The minimum absolute atomic E-state index is 0.0877. The predicted molar refractivity (Wildman–Crippen MR) is 118 cm³/mol. The molecule has 1 atom stereocenters. The van der Waals surface area contributed by atoms with E-state index in [4.69, 9.17) is 0 Å². The lowest BCUT2D eigenvalue weighted by atomic mass is 10.0. The van der Waals surface area contributed by atoms with Gasteiger partial charge in [-0.25, -0.2) is 4.79 Å². The maximum absolute atomic E-state index is 12.7. The average Bonchev–Trinajstić information content (AvgIpc) is 3.30. The molecular formula is C23H31N5O2. The number of benzene rings is 1. The highest BCUT2D eigenvalue weighted by Gasteiger charge is 2.27. The normalized spacial score (nSPS) is 20.2. The Balaban J connectivity index is 1.26. The Morgan fingerprint density at radius 1 is 1.00 bits per heavy atom. The number of piperazine rings is 1. The highest BCUT2D eigenvalue weighted by Crippen LogP contribution is 2.18. The van der Waals surface area contributed by atoms with E-state index in [2.05, 4.69) is 17.1 Å². The van der Waals surface area contributed by atoms with Gasteiger partial charge in [-0.3, -0.25) is 9.69 Å². The fourth-order valence-electron chi connectivity index (χ4n) is 4.31. The van der Waals surface area contributed by atoms with Gasteiger partial charge >= 0.3 is 6.03 Å². The molecule has 0 spiro atoms. The lowest BCUT2D eigenvalue weighted by Crippen LogP contribution is -2.53. The van der Waals surface area contributed by atoms with Crippen LogP contribution in [0.5, 0.6) is 0 Å². The van der Waals surface area contributed by atoms with E-state index in [1.165, 1.54) is 6.42 Å². The Hall–Kier alpha value is -2.80. The van der Waals surface area contributed by atoms with Gasteiger partial charge in [0.1, 0.15) is 0 Å². The average molecular weight is 410 g/mol. The van der Waals surface area contributed by atoms with Gasteiger partial charge in [0.05, 0.1) is 6.54 Å². The zero-order valence-electron chi connectivity index (χ0n) is 17.7. The van der Waals surface area contributed by atoms with Crippen LogP contribution in [-0.2, 0) is 4.79 Å². The molecule has 160 valence electrons. The van der Waals surface area contributed by atoms with E-state index in [1.807, 2.05) is 63.2 Å². The Bertz CT molecular complexity index is 858. The molecule has 7 nitrogen and oxygen atoms in total. The Morgan fingerprint density at radius 3 is 2.50 bits per heavy atom. The summed E-state index contributed by atoms with van der Waals surface area (Å²) in [5.74, 6) is 0.224. The monoisotopic (exact) mass is 409 g/mol. The summed E-state index contributed by atoms with van der Waals surface area (Å²) in [4.78, 5) is 31.4. The van der Waals surface area contributed by atoms with Crippen molar-refractivity contribution in [1.82, 2.24) is 19.3 Å². The molecule has 30 heavy (non-hydrogen) atoms. The van der Waals surface area contributed by atoms with E-state index in [0.717, 1.165) is 43.9 Å². The van der Waals surface area contributed by atoms with Gasteiger partial charge in [0, 0.05) is 62.5 Å². The number of nitrogens with one attached hydrogen (secondary N) is 1. The van der Waals surface area contributed by atoms with Crippen LogP contribution in [0.25, 0.3) is 5.69 Å². The second kappa shape index (κ2) is 9.34. The van der Waals surface area contributed by atoms with Gasteiger partial charge in [0.2, 0.25) is 5.91 Å². The van der Waals surface area contributed by atoms with Crippen LogP contribution in [0.2, 0.25) is 0 Å². The summed E-state index contributed by atoms with van der Waals surface area (Å²) in [6.45, 7) is 6.20. The third kappa shape index (κ3) is 4.84. The van der Waals surface area contributed by atoms with Crippen LogP contribution in [0.15, 0.2) is 48.8 Å². The second-order valence-electron chi connectivity index (χ2n) is 8.27. The van der Waals surface area contributed by atoms with Crippen molar-refractivity contribution in [2.75, 3.05) is 44.6 Å². The van der Waals surface area contributed by atoms with Crippen molar-refractivity contribution in [3.63, 3.8) is 0 Å². The lowest BCUT2D eigenvalue weighted by molar-refractivity contribution is -0.136. The zero-order chi connectivity index (χ0) is 20.9. The van der Waals surface area contributed by atoms with Crippen molar-refractivity contribution in [3.05, 3.63) is 48.8 Å². The zero-order valence-corrected chi connectivity index (χ0v) is 17.7. The number of urea groups is 1. The predicted octanol–water partition coefficient (Wildman–Crippen LogP) is 3.03. The van der Waals surface area contributed by atoms with Crippen molar-refractivity contribution in [2.45, 2.75) is 32.2 Å². The molecule has 4 rings (SSSR count). The van der Waals surface area contributed by atoms with Crippen LogP contribution in [0.4, 0.5) is 10.5 Å². The second-order valence-corrected chi connectivity index (χ2v) is 8.27. The van der Waals surface area contributed by atoms with Gasteiger partial charge in [0.15, 0.2) is 0 Å². The third-order valence-electron chi connectivity index (χ3n) is 6.14. The fraction of sp³-hybridized carbons (Fsp3) is 0.478. The third-order valence-corrected chi connectivity index (χ3v) is 6.14. The van der Waals surface area contributed by atoms with Gasteiger partial charge < -0.3 is 19.7 Å². The number of hydrogen-bond donors (Lipinski definition) is 1. The maximum atomic E-state index is 12.7. The molecule has 1 N–H and O–H groups in total. The van der Waals surface area contributed by atoms with Gasteiger partial charge in [0.25, 0.3) is 0 Å². The Labute approximate surface area is 178 Å². The number of carbonyl (C=O) groups is 2. The number of rotatable bonds is 4. The van der Waals surface area contributed by atoms with E-state index >= 15 is 0 Å². The molecule has 1 aromatic heterocycles. The van der Waals surface area contributed by atoms with Gasteiger partial charge in [-0.15, -0.1) is 0 Å². The molecule has 2 aromatic rings. The van der Waals surface area contributed by atoms with E-state index in [0.29, 0.717) is 25.7 Å². The number of anilines is 1. The van der Waals surface area contributed by atoms with Crippen LogP contribution >= 0.6 is 0 Å². The van der Waals surface area contributed by atoms with E-state index in [-0.39, 0.29) is 11.9 Å². The molecule has 2 fully saturated rings. The molecule has 2 saturated heterocycles. The molecule has 0 saturated carbocycles. The number of carbonyl (C=O) groups excluding carboxylic acids is 2. The van der Waals surface area contributed by atoms with E-state index in [1.54, 1.807) is 0 Å². The van der Waals surface area contributed by atoms with Crippen molar-refractivity contribution in [2.24, 2.45) is 0 Å². The number of piperidine rings is 1. The summed E-state index contributed by atoms with van der Waals surface area (Å²) in [7, 11) is 0. The van der Waals surface area contributed by atoms with E-state index < -0.39 is 0 Å². The van der Waals surface area contributed by atoms with Crippen LogP contribution in [0.3, 0.4) is 0 Å². The molecule has 2 aliphatic rings. The Kier molecular flexibility index (Phi) is 6.38. The minimum Gasteiger partial charge on any atom is -0.339 e. The summed E-state index contributed by atoms with van der Waals surface area (Å²) in [6, 6.07) is 12.0.